The molecule has 0 aliphatic rings. The van der Waals surface area contributed by atoms with Crippen molar-refractivity contribution in [3.8, 4) is 5.75 Å². The Hall–Kier alpha value is -3.35. The van der Waals surface area contributed by atoms with Crippen molar-refractivity contribution in [1.29, 1.82) is 0 Å². The van der Waals surface area contributed by atoms with Gasteiger partial charge in [-0.2, -0.15) is 0 Å². The standard InChI is InChI=1S/C20H22N2O5/c1-2-27-17-11-7-6-10-16(17)20(26)21-12-18(23)22(14-19(24)25)13-15-8-4-3-5-9-15/h3-11H,2,12-14H2,1H3,(H,21,26)(H,24,25). The van der Waals surface area contributed by atoms with E-state index in [4.69, 9.17) is 9.84 Å². The normalized spacial score (nSPS) is 10.1. The van der Waals surface area contributed by atoms with Crippen LogP contribution in [-0.4, -0.2) is 47.5 Å². The van der Waals surface area contributed by atoms with Gasteiger partial charge in [-0.05, 0) is 24.6 Å². The summed E-state index contributed by atoms with van der Waals surface area (Å²) in [6.45, 7) is 1.62. The van der Waals surface area contributed by atoms with Gasteiger partial charge in [0.25, 0.3) is 5.91 Å². The maximum absolute atomic E-state index is 12.4. The summed E-state index contributed by atoms with van der Waals surface area (Å²) >= 11 is 0. The molecule has 2 aromatic carbocycles. The van der Waals surface area contributed by atoms with Crippen LogP contribution < -0.4 is 10.1 Å². The van der Waals surface area contributed by atoms with Crippen molar-refractivity contribution in [3.63, 3.8) is 0 Å². The topological polar surface area (TPSA) is 95.9 Å². The highest BCUT2D eigenvalue weighted by molar-refractivity contribution is 5.98. The number of amides is 2. The van der Waals surface area contributed by atoms with E-state index in [0.717, 1.165) is 5.56 Å². The highest BCUT2D eigenvalue weighted by atomic mass is 16.5. The molecule has 0 heterocycles. The van der Waals surface area contributed by atoms with Gasteiger partial charge >= 0.3 is 5.97 Å². The minimum Gasteiger partial charge on any atom is -0.493 e. The Bertz CT molecular complexity index is 792. The zero-order valence-corrected chi connectivity index (χ0v) is 15.1. The summed E-state index contributed by atoms with van der Waals surface area (Å²) < 4.78 is 5.41. The molecule has 2 aromatic rings. The maximum Gasteiger partial charge on any atom is 0.323 e. The third-order valence-corrected chi connectivity index (χ3v) is 3.73. The summed E-state index contributed by atoms with van der Waals surface area (Å²) in [5, 5.41) is 11.6. The maximum atomic E-state index is 12.4. The molecular weight excluding hydrogens is 348 g/mol. The third kappa shape index (κ3) is 6.14. The number of benzene rings is 2. The first kappa shape index (κ1) is 20.0. The molecule has 2 rings (SSSR count). The number of carbonyl (C=O) groups is 3. The van der Waals surface area contributed by atoms with E-state index in [1.54, 1.807) is 36.4 Å². The second kappa shape index (κ2) is 9.96. The number of carbonyl (C=O) groups excluding carboxylic acids is 2. The third-order valence-electron chi connectivity index (χ3n) is 3.73. The van der Waals surface area contributed by atoms with Crippen LogP contribution in [0.3, 0.4) is 0 Å². The quantitative estimate of drug-likeness (QED) is 0.703. The SMILES string of the molecule is CCOc1ccccc1C(=O)NCC(=O)N(CC(=O)O)Cc1ccccc1. The molecule has 7 nitrogen and oxygen atoms in total. The number of rotatable bonds is 9. The second-order valence-electron chi connectivity index (χ2n) is 5.74. The molecule has 0 saturated heterocycles. The molecule has 2 N–H and O–H groups in total. The summed E-state index contributed by atoms with van der Waals surface area (Å²) in [7, 11) is 0. The van der Waals surface area contributed by atoms with Crippen molar-refractivity contribution in [2.75, 3.05) is 19.7 Å². The lowest BCUT2D eigenvalue weighted by Gasteiger charge is -2.21. The van der Waals surface area contributed by atoms with Gasteiger partial charge in [0.15, 0.2) is 0 Å². The van der Waals surface area contributed by atoms with Crippen molar-refractivity contribution in [2.45, 2.75) is 13.5 Å². The first-order valence-corrected chi connectivity index (χ1v) is 8.54. The number of ether oxygens (including phenoxy) is 1. The van der Waals surface area contributed by atoms with Crippen LogP contribution >= 0.6 is 0 Å². The van der Waals surface area contributed by atoms with E-state index in [0.29, 0.717) is 17.9 Å². The summed E-state index contributed by atoms with van der Waals surface area (Å²) in [5.41, 5.74) is 1.13. The van der Waals surface area contributed by atoms with E-state index in [9.17, 15) is 14.4 Å². The average molecular weight is 370 g/mol. The Kier molecular flexibility index (Phi) is 7.37. The van der Waals surface area contributed by atoms with Crippen molar-refractivity contribution in [3.05, 3.63) is 65.7 Å². The van der Waals surface area contributed by atoms with E-state index < -0.39 is 24.3 Å². The van der Waals surface area contributed by atoms with Crippen LogP contribution in [0.15, 0.2) is 54.6 Å². The second-order valence-corrected chi connectivity index (χ2v) is 5.74. The highest BCUT2D eigenvalue weighted by Gasteiger charge is 2.19. The predicted molar refractivity (Wildman–Crippen MR) is 99.4 cm³/mol. The fourth-order valence-electron chi connectivity index (χ4n) is 2.50. The zero-order chi connectivity index (χ0) is 19.6. The predicted octanol–water partition coefficient (Wildman–Crippen LogP) is 1.93. The van der Waals surface area contributed by atoms with Gasteiger partial charge in [-0.1, -0.05) is 42.5 Å². The highest BCUT2D eigenvalue weighted by Crippen LogP contribution is 2.17. The first-order chi connectivity index (χ1) is 13.0. The molecular formula is C20H22N2O5. The molecule has 0 fully saturated rings. The average Bonchev–Trinajstić information content (AvgIpc) is 2.66. The number of para-hydroxylation sites is 1. The number of nitrogens with zero attached hydrogens (tertiary/aromatic N) is 1. The lowest BCUT2D eigenvalue weighted by Crippen LogP contribution is -2.42. The van der Waals surface area contributed by atoms with Crippen molar-refractivity contribution < 1.29 is 24.2 Å². The lowest BCUT2D eigenvalue weighted by molar-refractivity contribution is -0.144. The van der Waals surface area contributed by atoms with Gasteiger partial charge in [0.05, 0.1) is 18.7 Å². The Morgan fingerprint density at radius 2 is 1.70 bits per heavy atom. The van der Waals surface area contributed by atoms with Crippen LogP contribution in [0.25, 0.3) is 0 Å². The Morgan fingerprint density at radius 1 is 1.04 bits per heavy atom. The summed E-state index contributed by atoms with van der Waals surface area (Å²) in [6.07, 6.45) is 0. The van der Waals surface area contributed by atoms with Gasteiger partial charge in [-0.25, -0.2) is 0 Å². The van der Waals surface area contributed by atoms with Crippen LogP contribution in [0.5, 0.6) is 5.75 Å². The van der Waals surface area contributed by atoms with E-state index in [-0.39, 0.29) is 13.1 Å². The van der Waals surface area contributed by atoms with Crippen molar-refractivity contribution in [1.82, 2.24) is 10.2 Å². The Labute approximate surface area is 157 Å². The molecule has 0 aliphatic heterocycles. The number of hydrogen-bond acceptors (Lipinski definition) is 4. The fourth-order valence-corrected chi connectivity index (χ4v) is 2.50. The number of carboxylic acids is 1. The van der Waals surface area contributed by atoms with Crippen LogP contribution in [0.4, 0.5) is 0 Å². The summed E-state index contributed by atoms with van der Waals surface area (Å²) in [6, 6.07) is 15.8. The van der Waals surface area contributed by atoms with Gasteiger partial charge in [0, 0.05) is 6.54 Å². The lowest BCUT2D eigenvalue weighted by atomic mass is 10.2. The van der Waals surface area contributed by atoms with Crippen LogP contribution in [0, 0.1) is 0 Å². The molecule has 142 valence electrons. The monoisotopic (exact) mass is 370 g/mol. The van der Waals surface area contributed by atoms with Gasteiger partial charge in [0.2, 0.25) is 5.91 Å². The largest absolute Gasteiger partial charge is 0.493 e. The van der Waals surface area contributed by atoms with Crippen LogP contribution in [0.1, 0.15) is 22.8 Å². The van der Waals surface area contributed by atoms with Crippen LogP contribution in [-0.2, 0) is 16.1 Å². The minimum absolute atomic E-state index is 0.150. The van der Waals surface area contributed by atoms with E-state index in [1.165, 1.54) is 4.90 Å². The van der Waals surface area contributed by atoms with Crippen molar-refractivity contribution >= 4 is 17.8 Å². The molecule has 0 aromatic heterocycles. The van der Waals surface area contributed by atoms with E-state index in [2.05, 4.69) is 5.32 Å². The first-order valence-electron chi connectivity index (χ1n) is 8.54. The molecule has 7 heteroatoms. The minimum atomic E-state index is -1.12. The van der Waals surface area contributed by atoms with E-state index >= 15 is 0 Å². The molecule has 0 aliphatic carbocycles. The Balaban J connectivity index is 2.02. The zero-order valence-electron chi connectivity index (χ0n) is 15.1. The molecule has 27 heavy (non-hydrogen) atoms. The molecule has 0 atom stereocenters. The number of nitrogens with one attached hydrogen (secondary N) is 1. The van der Waals surface area contributed by atoms with Gasteiger partial charge in [-0.15, -0.1) is 0 Å². The molecule has 0 unspecified atom stereocenters. The summed E-state index contributed by atoms with van der Waals surface area (Å²) in [4.78, 5) is 37.1. The number of carboxylic acid groups (broad SMARTS) is 1. The smallest absolute Gasteiger partial charge is 0.323 e. The van der Waals surface area contributed by atoms with E-state index in [1.807, 2.05) is 25.1 Å². The van der Waals surface area contributed by atoms with Gasteiger partial charge < -0.3 is 20.1 Å². The van der Waals surface area contributed by atoms with Crippen molar-refractivity contribution in [2.24, 2.45) is 0 Å². The number of aliphatic carboxylic acids is 1. The molecule has 0 spiro atoms. The van der Waals surface area contributed by atoms with Gasteiger partial charge in [0.1, 0.15) is 12.3 Å². The molecule has 0 bridgehead atoms. The fraction of sp³-hybridized carbons (Fsp3) is 0.250. The molecule has 0 saturated carbocycles. The number of hydrogen-bond donors (Lipinski definition) is 2. The summed E-state index contributed by atoms with van der Waals surface area (Å²) in [5.74, 6) is -1.63. The molecule has 2 amide bonds. The van der Waals surface area contributed by atoms with Crippen LogP contribution in [0.2, 0.25) is 0 Å². The van der Waals surface area contributed by atoms with Gasteiger partial charge in [-0.3, -0.25) is 14.4 Å². The molecule has 0 radical (unpaired) electrons. The Morgan fingerprint density at radius 3 is 2.37 bits per heavy atom.